The molecule has 2 aromatic rings. The van der Waals surface area contributed by atoms with Gasteiger partial charge in [-0.05, 0) is 18.6 Å². The van der Waals surface area contributed by atoms with E-state index >= 15 is 0 Å². The molecule has 0 radical (unpaired) electrons. The third-order valence-corrected chi connectivity index (χ3v) is 2.91. The Labute approximate surface area is 107 Å². The summed E-state index contributed by atoms with van der Waals surface area (Å²) >= 11 is 0. The minimum Gasteiger partial charge on any atom is -0.493 e. The molecule has 96 valence electrons. The molecule has 0 spiro atoms. The number of aromatic nitrogens is 1. The van der Waals surface area contributed by atoms with Crippen molar-refractivity contribution >= 4 is 16.6 Å². The standard InChI is InChI=1S/C14H18N2O2/c1-4-5-9-6-11(15)10-7-13(17-2)14(18-3)8-12(10)16-9/h6-8H,4-5H2,1-3H3,(H2,15,16). The van der Waals surface area contributed by atoms with Crippen LogP contribution in [0.3, 0.4) is 0 Å². The maximum absolute atomic E-state index is 6.07. The fourth-order valence-corrected chi connectivity index (χ4v) is 2.02. The maximum atomic E-state index is 6.07. The first kappa shape index (κ1) is 12.5. The normalized spacial score (nSPS) is 10.6. The van der Waals surface area contributed by atoms with Gasteiger partial charge in [0.25, 0.3) is 0 Å². The van der Waals surface area contributed by atoms with Gasteiger partial charge in [-0.25, -0.2) is 0 Å². The number of hydrogen-bond acceptors (Lipinski definition) is 4. The number of benzene rings is 1. The summed E-state index contributed by atoms with van der Waals surface area (Å²) in [6.45, 7) is 2.12. The summed E-state index contributed by atoms with van der Waals surface area (Å²) in [6.07, 6.45) is 1.97. The molecule has 0 bridgehead atoms. The molecule has 0 amide bonds. The molecule has 4 heteroatoms. The van der Waals surface area contributed by atoms with Crippen molar-refractivity contribution in [3.63, 3.8) is 0 Å². The monoisotopic (exact) mass is 246 g/mol. The number of ether oxygens (including phenoxy) is 2. The largest absolute Gasteiger partial charge is 0.493 e. The lowest BCUT2D eigenvalue weighted by molar-refractivity contribution is 0.356. The highest BCUT2D eigenvalue weighted by Gasteiger charge is 2.10. The number of rotatable bonds is 4. The van der Waals surface area contributed by atoms with Crippen molar-refractivity contribution in [2.45, 2.75) is 19.8 Å². The minimum atomic E-state index is 0.668. The zero-order valence-electron chi connectivity index (χ0n) is 11.0. The Hall–Kier alpha value is -1.97. The number of nitrogens with two attached hydrogens (primary N) is 1. The van der Waals surface area contributed by atoms with Crippen LogP contribution in [0.2, 0.25) is 0 Å². The Bertz CT molecular complexity index is 567. The van der Waals surface area contributed by atoms with Crippen molar-refractivity contribution in [1.29, 1.82) is 0 Å². The molecule has 0 aliphatic rings. The second-order valence-corrected chi connectivity index (χ2v) is 4.18. The maximum Gasteiger partial charge on any atom is 0.162 e. The van der Waals surface area contributed by atoms with Crippen LogP contribution < -0.4 is 15.2 Å². The van der Waals surface area contributed by atoms with E-state index in [2.05, 4.69) is 11.9 Å². The first-order valence-electron chi connectivity index (χ1n) is 6.00. The number of methoxy groups -OCH3 is 2. The minimum absolute atomic E-state index is 0.668. The lowest BCUT2D eigenvalue weighted by Gasteiger charge is -2.11. The smallest absolute Gasteiger partial charge is 0.162 e. The van der Waals surface area contributed by atoms with Gasteiger partial charge in [-0.15, -0.1) is 0 Å². The van der Waals surface area contributed by atoms with Crippen molar-refractivity contribution in [2.24, 2.45) is 0 Å². The molecule has 2 rings (SSSR count). The molecule has 0 aliphatic heterocycles. The quantitative estimate of drug-likeness (QED) is 0.901. The third-order valence-electron chi connectivity index (χ3n) is 2.91. The molecule has 4 nitrogen and oxygen atoms in total. The van der Waals surface area contributed by atoms with E-state index in [0.717, 1.165) is 35.1 Å². The predicted molar refractivity (Wildman–Crippen MR) is 73.3 cm³/mol. The van der Waals surface area contributed by atoms with Gasteiger partial charge in [0.1, 0.15) is 0 Å². The van der Waals surface area contributed by atoms with E-state index in [4.69, 9.17) is 15.2 Å². The van der Waals surface area contributed by atoms with Gasteiger partial charge in [0, 0.05) is 22.8 Å². The first-order chi connectivity index (χ1) is 8.69. The van der Waals surface area contributed by atoms with Crippen molar-refractivity contribution in [3.8, 4) is 11.5 Å². The molecule has 0 saturated carbocycles. The number of fused-ring (bicyclic) bond motifs is 1. The molecular weight excluding hydrogens is 228 g/mol. The first-order valence-corrected chi connectivity index (χ1v) is 6.00. The van der Waals surface area contributed by atoms with E-state index in [1.807, 2.05) is 18.2 Å². The van der Waals surface area contributed by atoms with Crippen LogP contribution in [0.1, 0.15) is 19.0 Å². The van der Waals surface area contributed by atoms with Crippen LogP contribution in [0.5, 0.6) is 11.5 Å². The van der Waals surface area contributed by atoms with Gasteiger partial charge in [-0.3, -0.25) is 4.98 Å². The van der Waals surface area contributed by atoms with Crippen LogP contribution in [-0.4, -0.2) is 19.2 Å². The van der Waals surface area contributed by atoms with Gasteiger partial charge in [0.15, 0.2) is 11.5 Å². The summed E-state index contributed by atoms with van der Waals surface area (Å²) in [5.74, 6) is 1.34. The van der Waals surface area contributed by atoms with Gasteiger partial charge in [0.05, 0.1) is 19.7 Å². The summed E-state index contributed by atoms with van der Waals surface area (Å²) in [6, 6.07) is 5.66. The molecule has 1 aromatic heterocycles. The van der Waals surface area contributed by atoms with Crippen molar-refractivity contribution < 1.29 is 9.47 Å². The SMILES string of the molecule is CCCc1cc(N)c2cc(OC)c(OC)cc2n1. The number of aryl methyl sites for hydroxylation is 1. The van der Waals surface area contributed by atoms with Gasteiger partial charge in [-0.2, -0.15) is 0 Å². The highest BCUT2D eigenvalue weighted by Crippen LogP contribution is 2.34. The Morgan fingerprint density at radius 1 is 1.11 bits per heavy atom. The van der Waals surface area contributed by atoms with Crippen molar-refractivity contribution in [2.75, 3.05) is 20.0 Å². The lowest BCUT2D eigenvalue weighted by atomic mass is 10.1. The molecule has 1 heterocycles. The highest BCUT2D eigenvalue weighted by atomic mass is 16.5. The molecule has 0 aliphatic carbocycles. The predicted octanol–water partition coefficient (Wildman–Crippen LogP) is 2.79. The zero-order chi connectivity index (χ0) is 13.1. The van der Waals surface area contributed by atoms with E-state index in [0.29, 0.717) is 11.5 Å². The lowest BCUT2D eigenvalue weighted by Crippen LogP contribution is -1.97. The summed E-state index contributed by atoms with van der Waals surface area (Å²) in [5, 5.41) is 0.896. The summed E-state index contributed by atoms with van der Waals surface area (Å²) < 4.78 is 10.5. The molecule has 2 N–H and O–H groups in total. The Morgan fingerprint density at radius 3 is 2.39 bits per heavy atom. The number of pyridine rings is 1. The Balaban J connectivity index is 2.64. The molecule has 0 fully saturated rings. The average Bonchev–Trinajstić information content (AvgIpc) is 2.37. The summed E-state index contributed by atoms with van der Waals surface area (Å²) in [5.41, 5.74) is 8.64. The van der Waals surface area contributed by atoms with Crippen molar-refractivity contribution in [3.05, 3.63) is 23.9 Å². The van der Waals surface area contributed by atoms with Gasteiger partial charge >= 0.3 is 0 Å². The Morgan fingerprint density at radius 2 is 1.78 bits per heavy atom. The van der Waals surface area contributed by atoms with Crippen LogP contribution in [0.25, 0.3) is 10.9 Å². The van der Waals surface area contributed by atoms with E-state index in [9.17, 15) is 0 Å². The fourth-order valence-electron chi connectivity index (χ4n) is 2.02. The van der Waals surface area contributed by atoms with Gasteiger partial charge in [-0.1, -0.05) is 13.3 Å². The average molecular weight is 246 g/mol. The Kier molecular flexibility index (Phi) is 3.55. The third kappa shape index (κ3) is 2.18. The zero-order valence-corrected chi connectivity index (χ0v) is 11.0. The molecular formula is C14H18N2O2. The van der Waals surface area contributed by atoms with Crippen molar-refractivity contribution in [1.82, 2.24) is 4.98 Å². The molecule has 0 atom stereocenters. The fraction of sp³-hybridized carbons (Fsp3) is 0.357. The molecule has 1 aromatic carbocycles. The van der Waals surface area contributed by atoms with Crippen LogP contribution >= 0.6 is 0 Å². The highest BCUT2D eigenvalue weighted by molar-refractivity contribution is 5.92. The number of nitrogens with zero attached hydrogens (tertiary/aromatic N) is 1. The number of hydrogen-bond donors (Lipinski definition) is 1. The van der Waals surface area contributed by atoms with Crippen LogP contribution in [-0.2, 0) is 6.42 Å². The number of anilines is 1. The van der Waals surface area contributed by atoms with E-state index in [-0.39, 0.29) is 0 Å². The molecule has 0 saturated heterocycles. The number of nitrogen functional groups attached to an aromatic ring is 1. The summed E-state index contributed by atoms with van der Waals surface area (Å²) in [4.78, 5) is 4.59. The second-order valence-electron chi connectivity index (χ2n) is 4.18. The van der Waals surface area contributed by atoms with Crippen LogP contribution in [0, 0.1) is 0 Å². The van der Waals surface area contributed by atoms with E-state index in [1.165, 1.54) is 0 Å². The van der Waals surface area contributed by atoms with Crippen LogP contribution in [0.4, 0.5) is 5.69 Å². The van der Waals surface area contributed by atoms with E-state index < -0.39 is 0 Å². The van der Waals surface area contributed by atoms with E-state index in [1.54, 1.807) is 14.2 Å². The second kappa shape index (κ2) is 5.12. The summed E-state index contributed by atoms with van der Waals surface area (Å²) in [7, 11) is 3.22. The molecule has 18 heavy (non-hydrogen) atoms. The van der Waals surface area contributed by atoms with Gasteiger partial charge in [0.2, 0.25) is 0 Å². The van der Waals surface area contributed by atoms with Crippen LogP contribution in [0.15, 0.2) is 18.2 Å². The molecule has 0 unspecified atom stereocenters. The van der Waals surface area contributed by atoms with Gasteiger partial charge < -0.3 is 15.2 Å². The topological polar surface area (TPSA) is 57.4 Å².